The number of hydrogen-bond donors (Lipinski definition) is 3. The average Bonchev–Trinajstić information content (AvgIpc) is 1.80. The van der Waals surface area contributed by atoms with Gasteiger partial charge in [-0.3, -0.25) is 4.79 Å². The predicted molar refractivity (Wildman–Crippen MR) is 41.7 cm³/mol. The van der Waals surface area contributed by atoms with Gasteiger partial charge in [-0.05, 0) is 19.3 Å². The van der Waals surface area contributed by atoms with Crippen LogP contribution in [0.1, 0.15) is 19.3 Å². The van der Waals surface area contributed by atoms with E-state index in [-0.39, 0.29) is 0 Å². The van der Waals surface area contributed by atoms with Gasteiger partial charge in [-0.15, -0.1) is 0 Å². The number of hydrogen-bond acceptors (Lipinski definition) is 3. The molecule has 0 atom stereocenters. The minimum absolute atomic E-state index is 0.416. The van der Waals surface area contributed by atoms with Crippen LogP contribution in [-0.2, 0) is 4.79 Å². The molecule has 2 fully saturated rings. The molecular formula is C8H13NO3. The van der Waals surface area contributed by atoms with Crippen LogP contribution in [0.25, 0.3) is 0 Å². The molecule has 0 aromatic heterocycles. The van der Waals surface area contributed by atoms with Gasteiger partial charge in [0.15, 0.2) is 0 Å². The number of aliphatic carboxylic acids is 1. The smallest absolute Gasteiger partial charge is 0.315 e. The van der Waals surface area contributed by atoms with Gasteiger partial charge < -0.3 is 15.5 Å². The lowest BCUT2D eigenvalue weighted by Crippen LogP contribution is -2.71. The number of carboxylic acids is 1. The van der Waals surface area contributed by atoms with Crippen molar-refractivity contribution in [2.24, 2.45) is 5.41 Å². The van der Waals surface area contributed by atoms with Crippen molar-refractivity contribution in [1.82, 2.24) is 5.32 Å². The molecule has 2 aliphatic rings. The number of aliphatic hydroxyl groups is 1. The van der Waals surface area contributed by atoms with Gasteiger partial charge in [0, 0.05) is 13.1 Å². The van der Waals surface area contributed by atoms with Gasteiger partial charge in [0.05, 0.1) is 5.60 Å². The molecule has 4 heteroatoms. The summed E-state index contributed by atoms with van der Waals surface area (Å²) in [4.78, 5) is 10.9. The van der Waals surface area contributed by atoms with Crippen molar-refractivity contribution in [3.63, 3.8) is 0 Å². The van der Waals surface area contributed by atoms with Crippen LogP contribution in [-0.4, -0.2) is 34.9 Å². The topological polar surface area (TPSA) is 69.6 Å². The first-order valence-electron chi connectivity index (χ1n) is 4.27. The quantitative estimate of drug-likeness (QED) is 0.527. The fourth-order valence-corrected chi connectivity index (χ4v) is 2.04. The highest BCUT2D eigenvalue weighted by molar-refractivity contribution is 5.78. The maximum Gasteiger partial charge on any atom is 0.315 e. The Bertz CT molecular complexity index is 218. The van der Waals surface area contributed by atoms with Gasteiger partial charge in [0.2, 0.25) is 0 Å². The Balaban J connectivity index is 2.21. The molecule has 2 rings (SSSR count). The van der Waals surface area contributed by atoms with Crippen molar-refractivity contribution < 1.29 is 15.0 Å². The highest BCUT2D eigenvalue weighted by Crippen LogP contribution is 2.48. The lowest BCUT2D eigenvalue weighted by atomic mass is 9.58. The Labute approximate surface area is 70.6 Å². The van der Waals surface area contributed by atoms with Gasteiger partial charge >= 0.3 is 5.97 Å². The van der Waals surface area contributed by atoms with E-state index in [0.717, 1.165) is 6.42 Å². The molecule has 0 bridgehead atoms. The Kier molecular flexibility index (Phi) is 1.47. The Morgan fingerprint density at radius 3 is 2.00 bits per heavy atom. The van der Waals surface area contributed by atoms with Crippen LogP contribution >= 0.6 is 0 Å². The summed E-state index contributed by atoms with van der Waals surface area (Å²) in [6, 6.07) is 0. The maximum atomic E-state index is 10.9. The zero-order valence-corrected chi connectivity index (χ0v) is 6.84. The minimum Gasteiger partial charge on any atom is -0.481 e. The van der Waals surface area contributed by atoms with E-state index in [4.69, 9.17) is 5.11 Å². The molecule has 3 N–H and O–H groups in total. The van der Waals surface area contributed by atoms with Crippen molar-refractivity contribution in [3.8, 4) is 0 Å². The molecule has 1 saturated heterocycles. The van der Waals surface area contributed by atoms with E-state index >= 15 is 0 Å². The van der Waals surface area contributed by atoms with Crippen LogP contribution in [0.3, 0.4) is 0 Å². The summed E-state index contributed by atoms with van der Waals surface area (Å²) in [5.74, 6) is -0.858. The Morgan fingerprint density at radius 1 is 1.33 bits per heavy atom. The third kappa shape index (κ3) is 0.716. The molecule has 68 valence electrons. The zero-order chi connectivity index (χ0) is 8.82. The lowest BCUT2D eigenvalue weighted by Gasteiger charge is -2.54. The van der Waals surface area contributed by atoms with E-state index in [9.17, 15) is 9.90 Å². The van der Waals surface area contributed by atoms with E-state index in [1.54, 1.807) is 0 Å². The second-order valence-electron chi connectivity index (χ2n) is 3.88. The van der Waals surface area contributed by atoms with Crippen LogP contribution < -0.4 is 5.32 Å². The maximum absolute atomic E-state index is 10.9. The van der Waals surface area contributed by atoms with Gasteiger partial charge in [0.1, 0.15) is 5.41 Å². The van der Waals surface area contributed by atoms with Crippen molar-refractivity contribution in [1.29, 1.82) is 0 Å². The molecule has 0 unspecified atom stereocenters. The van der Waals surface area contributed by atoms with Crippen molar-refractivity contribution in [2.75, 3.05) is 13.1 Å². The number of nitrogens with one attached hydrogen (secondary N) is 1. The normalized spacial score (nSPS) is 30.1. The monoisotopic (exact) mass is 171 g/mol. The highest BCUT2D eigenvalue weighted by atomic mass is 16.4. The summed E-state index contributed by atoms with van der Waals surface area (Å²) in [6.07, 6.45) is 2.23. The molecule has 0 aromatic carbocycles. The number of rotatable bonds is 2. The van der Waals surface area contributed by atoms with Crippen LogP contribution in [0.2, 0.25) is 0 Å². The fourth-order valence-electron chi connectivity index (χ4n) is 2.04. The lowest BCUT2D eigenvalue weighted by molar-refractivity contribution is -0.195. The third-order valence-corrected chi connectivity index (χ3v) is 3.33. The predicted octanol–water partition coefficient (Wildman–Crippen LogP) is -0.424. The zero-order valence-electron chi connectivity index (χ0n) is 6.84. The molecule has 1 heterocycles. The van der Waals surface area contributed by atoms with E-state index in [2.05, 4.69) is 5.32 Å². The first kappa shape index (κ1) is 8.01. The van der Waals surface area contributed by atoms with Crippen LogP contribution in [0, 0.1) is 5.41 Å². The number of carboxylic acid groups (broad SMARTS) is 1. The van der Waals surface area contributed by atoms with Crippen molar-refractivity contribution in [2.45, 2.75) is 24.9 Å². The Hall–Kier alpha value is -0.610. The molecule has 1 aliphatic carbocycles. The molecule has 0 radical (unpaired) electrons. The van der Waals surface area contributed by atoms with Gasteiger partial charge in [-0.2, -0.15) is 0 Å². The summed E-state index contributed by atoms with van der Waals surface area (Å²) >= 11 is 0. The number of carbonyl (C=O) groups is 1. The van der Waals surface area contributed by atoms with E-state index in [1.807, 2.05) is 0 Å². The largest absolute Gasteiger partial charge is 0.481 e. The molecule has 0 spiro atoms. The van der Waals surface area contributed by atoms with Crippen molar-refractivity contribution >= 4 is 5.97 Å². The summed E-state index contributed by atoms with van der Waals surface area (Å²) < 4.78 is 0. The van der Waals surface area contributed by atoms with Gasteiger partial charge in [-0.1, -0.05) is 0 Å². The average molecular weight is 171 g/mol. The van der Waals surface area contributed by atoms with Crippen LogP contribution in [0.4, 0.5) is 0 Å². The Morgan fingerprint density at radius 2 is 1.92 bits per heavy atom. The highest BCUT2D eigenvalue weighted by Gasteiger charge is 2.62. The molecule has 1 aliphatic heterocycles. The fraction of sp³-hybridized carbons (Fsp3) is 0.875. The second-order valence-corrected chi connectivity index (χ2v) is 3.88. The van der Waals surface area contributed by atoms with Crippen LogP contribution in [0.15, 0.2) is 0 Å². The molecule has 4 nitrogen and oxygen atoms in total. The molecule has 12 heavy (non-hydrogen) atoms. The van der Waals surface area contributed by atoms with Crippen molar-refractivity contribution in [3.05, 3.63) is 0 Å². The van der Waals surface area contributed by atoms with Crippen LogP contribution in [0.5, 0.6) is 0 Å². The molecule has 0 aromatic rings. The molecule has 0 amide bonds. The van der Waals surface area contributed by atoms with E-state index < -0.39 is 17.0 Å². The second kappa shape index (κ2) is 2.20. The first-order valence-corrected chi connectivity index (χ1v) is 4.27. The summed E-state index contributed by atoms with van der Waals surface area (Å²) in [5.41, 5.74) is -1.81. The van der Waals surface area contributed by atoms with E-state index in [0.29, 0.717) is 25.9 Å². The summed E-state index contributed by atoms with van der Waals surface area (Å²) in [7, 11) is 0. The minimum atomic E-state index is -0.927. The summed E-state index contributed by atoms with van der Waals surface area (Å²) in [6.45, 7) is 0.831. The van der Waals surface area contributed by atoms with Gasteiger partial charge in [0.25, 0.3) is 0 Å². The standard InChI is InChI=1S/C8H13NO3/c10-6(11)7(4-9-5-7)8(12)2-1-3-8/h9,12H,1-5H2,(H,10,11). The third-order valence-electron chi connectivity index (χ3n) is 3.33. The van der Waals surface area contributed by atoms with E-state index in [1.165, 1.54) is 0 Å². The van der Waals surface area contributed by atoms with Gasteiger partial charge in [-0.25, -0.2) is 0 Å². The SMILES string of the molecule is O=C(O)C1(C2(O)CCC2)CNC1. The summed E-state index contributed by atoms with van der Waals surface area (Å²) in [5, 5.41) is 21.8. The molecular weight excluding hydrogens is 158 g/mol. The molecule has 1 saturated carbocycles. The first-order chi connectivity index (χ1) is 5.61.